The summed E-state index contributed by atoms with van der Waals surface area (Å²) in [6.07, 6.45) is 5.48. The maximum absolute atomic E-state index is 15.0. The van der Waals surface area contributed by atoms with Crippen LogP contribution in [0.2, 0.25) is 0 Å². The second-order valence-corrected chi connectivity index (χ2v) is 20.7. The lowest BCUT2D eigenvalue weighted by Crippen LogP contribution is -2.70. The minimum Gasteiger partial charge on any atom is -0.465 e. The second kappa shape index (κ2) is 19.2. The van der Waals surface area contributed by atoms with Crippen molar-refractivity contribution in [1.82, 2.24) is 15.3 Å². The average Bonchev–Trinajstić information content (AvgIpc) is 3.12. The molecule has 1 fully saturated rings. The lowest BCUT2D eigenvalue weighted by Gasteiger charge is -2.60. The van der Waals surface area contributed by atoms with E-state index in [1.165, 1.54) is 5.56 Å². The third-order valence-electron chi connectivity index (χ3n) is 15.3. The number of nitrogens with zero attached hydrogens (tertiary/aromatic N) is 2. The molecule has 6 unspecified atom stereocenters. The molecule has 0 saturated carbocycles. The summed E-state index contributed by atoms with van der Waals surface area (Å²) in [5.41, 5.74) is -3.33. The molecule has 1 aromatic rings. The number of ketones is 1. The zero-order valence-electron chi connectivity index (χ0n) is 39.3. The zero-order valence-corrected chi connectivity index (χ0v) is 39.3. The third-order valence-corrected chi connectivity index (χ3v) is 15.3. The summed E-state index contributed by atoms with van der Waals surface area (Å²) in [6.45, 7) is 36.2. The Morgan fingerprint density at radius 1 is 0.946 bits per heavy atom. The number of carbonyl (C=O) groups is 3. The SMILES string of the molecule is CCCCOC(=O)C(CC(C)(C)C(C)c1ccccc1)C(C)(C)C(C)(C)CC(C)(C(=O)NCCCN(C)C)C(C)(C)ON1C(C)(CC)CC(=O)C(C)C1(C)CC. The van der Waals surface area contributed by atoms with Gasteiger partial charge in [0.2, 0.25) is 5.91 Å². The van der Waals surface area contributed by atoms with Crippen molar-refractivity contribution >= 4 is 17.7 Å². The molecule has 56 heavy (non-hydrogen) atoms. The normalized spacial score (nSPS) is 23.8. The lowest BCUT2D eigenvalue weighted by atomic mass is 9.52. The van der Waals surface area contributed by atoms with Gasteiger partial charge in [0, 0.05) is 18.9 Å². The molecule has 0 aliphatic carbocycles. The van der Waals surface area contributed by atoms with Gasteiger partial charge >= 0.3 is 5.97 Å². The molecule has 0 spiro atoms. The van der Waals surface area contributed by atoms with Crippen LogP contribution in [0, 0.1) is 33.5 Å². The van der Waals surface area contributed by atoms with Crippen LogP contribution < -0.4 is 5.32 Å². The number of hydrogen-bond donors (Lipinski definition) is 1. The molecule has 1 aromatic carbocycles. The monoisotopic (exact) mass is 784 g/mol. The highest BCUT2D eigenvalue weighted by molar-refractivity contribution is 5.85. The van der Waals surface area contributed by atoms with E-state index in [1.54, 1.807) is 0 Å². The molecule has 1 aliphatic rings. The van der Waals surface area contributed by atoms with E-state index in [4.69, 9.17) is 9.57 Å². The number of benzene rings is 1. The molecule has 1 amide bonds. The van der Waals surface area contributed by atoms with Crippen LogP contribution in [-0.2, 0) is 24.0 Å². The van der Waals surface area contributed by atoms with Gasteiger partial charge < -0.3 is 15.0 Å². The van der Waals surface area contributed by atoms with Crippen molar-refractivity contribution in [1.29, 1.82) is 0 Å². The molecule has 1 saturated heterocycles. The van der Waals surface area contributed by atoms with E-state index >= 15 is 0 Å². The fourth-order valence-corrected chi connectivity index (χ4v) is 8.89. The highest BCUT2D eigenvalue weighted by atomic mass is 16.7. The van der Waals surface area contributed by atoms with Gasteiger partial charge in [-0.3, -0.25) is 19.2 Å². The lowest BCUT2D eigenvalue weighted by molar-refractivity contribution is -0.356. The first-order chi connectivity index (χ1) is 25.6. The van der Waals surface area contributed by atoms with Crippen LogP contribution in [0.3, 0.4) is 0 Å². The van der Waals surface area contributed by atoms with Gasteiger partial charge in [-0.25, -0.2) is 0 Å². The van der Waals surface area contributed by atoms with Crippen LogP contribution in [-0.4, -0.2) is 78.1 Å². The summed E-state index contributed by atoms with van der Waals surface area (Å²) in [5, 5.41) is 5.44. The minimum atomic E-state index is -1.05. The molecule has 8 heteroatoms. The Balaban J connectivity index is 2.74. The number of carbonyl (C=O) groups excluding carboxylic acids is 3. The number of amides is 1. The van der Waals surface area contributed by atoms with Gasteiger partial charge in [0.25, 0.3) is 0 Å². The Hall–Kier alpha value is -2.29. The summed E-state index contributed by atoms with van der Waals surface area (Å²) in [7, 11) is 4.08. The molecular formula is C48H85N3O5. The number of esters is 1. The molecular weight excluding hydrogens is 699 g/mol. The first kappa shape index (κ1) is 49.9. The highest BCUT2D eigenvalue weighted by Crippen LogP contribution is 2.58. The van der Waals surface area contributed by atoms with Gasteiger partial charge in [-0.2, -0.15) is 5.06 Å². The summed E-state index contributed by atoms with van der Waals surface area (Å²) in [4.78, 5) is 52.4. The Bertz CT molecular complexity index is 1440. The van der Waals surface area contributed by atoms with Crippen LogP contribution >= 0.6 is 0 Å². The molecule has 0 bridgehead atoms. The van der Waals surface area contributed by atoms with Crippen LogP contribution in [0.25, 0.3) is 0 Å². The van der Waals surface area contributed by atoms with E-state index in [2.05, 4.69) is 123 Å². The molecule has 1 heterocycles. The average molecular weight is 784 g/mol. The fraction of sp³-hybridized carbons (Fsp3) is 0.812. The third kappa shape index (κ3) is 10.8. The number of ether oxygens (including phenoxy) is 1. The van der Waals surface area contributed by atoms with E-state index in [0.717, 1.165) is 38.6 Å². The second-order valence-electron chi connectivity index (χ2n) is 20.7. The topological polar surface area (TPSA) is 88.2 Å². The number of piperidine rings is 1. The Labute approximate surface area is 343 Å². The molecule has 2 rings (SSSR count). The molecule has 322 valence electrons. The maximum Gasteiger partial charge on any atom is 0.309 e. The molecule has 6 atom stereocenters. The van der Waals surface area contributed by atoms with E-state index in [-0.39, 0.29) is 34.9 Å². The van der Waals surface area contributed by atoms with Crippen LogP contribution in [0.1, 0.15) is 174 Å². The van der Waals surface area contributed by atoms with Crippen LogP contribution in [0.5, 0.6) is 0 Å². The highest BCUT2D eigenvalue weighted by Gasteiger charge is 2.61. The Kier molecular flexibility index (Phi) is 17.1. The van der Waals surface area contributed by atoms with E-state index < -0.39 is 38.8 Å². The van der Waals surface area contributed by atoms with Gasteiger partial charge in [0.1, 0.15) is 5.78 Å². The van der Waals surface area contributed by atoms with E-state index in [0.29, 0.717) is 32.4 Å². The van der Waals surface area contributed by atoms with E-state index in [9.17, 15) is 14.4 Å². The largest absolute Gasteiger partial charge is 0.465 e. The number of hydrogen-bond acceptors (Lipinski definition) is 7. The van der Waals surface area contributed by atoms with Crippen molar-refractivity contribution in [3.8, 4) is 0 Å². The Morgan fingerprint density at radius 2 is 1.54 bits per heavy atom. The van der Waals surface area contributed by atoms with Crippen molar-refractivity contribution in [2.24, 2.45) is 33.5 Å². The molecule has 0 aromatic heterocycles. The van der Waals surface area contributed by atoms with Gasteiger partial charge in [-0.05, 0) is 122 Å². The number of unbranched alkanes of at least 4 members (excludes halogenated alkanes) is 1. The van der Waals surface area contributed by atoms with Gasteiger partial charge in [0.05, 0.1) is 34.6 Å². The number of Topliss-reactive ketones (excluding diaryl/α,β-unsaturated/α-hetero) is 1. The van der Waals surface area contributed by atoms with Gasteiger partial charge in [-0.1, -0.05) is 113 Å². The van der Waals surface area contributed by atoms with Gasteiger partial charge in [-0.15, -0.1) is 0 Å². The standard InChI is InChI=1S/C48H85N3O5/c1-19-22-31-55-40(53)38(32-42(6,7)35(4)37-27-24-23-25-28-37)44(10,11)43(8,9)34-47(15,41(54)49-29-26-30-50(17)18)45(12,13)56-51-46(14,20-2)33-39(52)36(5)48(51,16)21-3/h23-25,27-28,35-36,38H,19-22,26,29-34H2,1-18H3,(H,49,54). The van der Waals surface area contributed by atoms with Crippen LogP contribution in [0.15, 0.2) is 30.3 Å². The van der Waals surface area contributed by atoms with E-state index in [1.807, 2.05) is 47.9 Å². The predicted molar refractivity (Wildman–Crippen MR) is 232 cm³/mol. The number of rotatable bonds is 22. The van der Waals surface area contributed by atoms with Crippen molar-refractivity contribution in [3.63, 3.8) is 0 Å². The van der Waals surface area contributed by atoms with Crippen molar-refractivity contribution in [2.75, 3.05) is 33.8 Å². The van der Waals surface area contributed by atoms with Crippen molar-refractivity contribution < 1.29 is 24.0 Å². The molecule has 8 nitrogen and oxygen atoms in total. The fourth-order valence-electron chi connectivity index (χ4n) is 8.89. The number of nitrogens with one attached hydrogen (secondary N) is 1. The number of hydroxylamine groups is 2. The van der Waals surface area contributed by atoms with Crippen molar-refractivity contribution in [3.05, 3.63) is 35.9 Å². The molecule has 0 radical (unpaired) electrons. The summed E-state index contributed by atoms with van der Waals surface area (Å²) >= 11 is 0. The first-order valence-corrected chi connectivity index (χ1v) is 21.8. The zero-order chi connectivity index (χ0) is 43.1. The Morgan fingerprint density at radius 3 is 2.05 bits per heavy atom. The predicted octanol–water partition coefficient (Wildman–Crippen LogP) is 10.6. The minimum absolute atomic E-state index is 0.0669. The van der Waals surface area contributed by atoms with Gasteiger partial charge in [0.15, 0.2) is 0 Å². The molecule has 1 aliphatic heterocycles. The van der Waals surface area contributed by atoms with Crippen LogP contribution in [0.4, 0.5) is 0 Å². The summed E-state index contributed by atoms with van der Waals surface area (Å²) < 4.78 is 6.10. The quantitative estimate of drug-likeness (QED) is 0.0925. The molecule has 1 N–H and O–H groups in total. The van der Waals surface area contributed by atoms with Crippen molar-refractivity contribution in [2.45, 2.75) is 185 Å². The first-order valence-electron chi connectivity index (χ1n) is 21.8. The summed E-state index contributed by atoms with van der Waals surface area (Å²) in [6, 6.07) is 10.5. The summed E-state index contributed by atoms with van der Waals surface area (Å²) in [5.74, 6) is -0.457. The maximum atomic E-state index is 15.0. The smallest absolute Gasteiger partial charge is 0.309 e.